The first kappa shape index (κ1) is 21.2. The molecular formula is C22H25NO5. The van der Waals surface area contributed by atoms with Crippen molar-refractivity contribution in [3.63, 3.8) is 0 Å². The molecule has 148 valence electrons. The number of amides is 1. The number of nitrogens with one attached hydrogen (secondary N) is 1. The van der Waals surface area contributed by atoms with Crippen molar-refractivity contribution in [1.82, 2.24) is 0 Å². The zero-order chi connectivity index (χ0) is 20.4. The van der Waals surface area contributed by atoms with Gasteiger partial charge in [0.2, 0.25) is 0 Å². The first-order valence-corrected chi connectivity index (χ1v) is 9.30. The minimum absolute atomic E-state index is 0.0517. The fourth-order valence-electron chi connectivity index (χ4n) is 2.43. The van der Waals surface area contributed by atoms with Crippen molar-refractivity contribution in [1.29, 1.82) is 0 Å². The summed E-state index contributed by atoms with van der Waals surface area (Å²) in [5.74, 6) is -0.400. The molecule has 2 aromatic carbocycles. The Morgan fingerprint density at radius 1 is 0.893 bits per heavy atom. The summed E-state index contributed by atoms with van der Waals surface area (Å²) in [6.07, 6.45) is 3.24. The molecule has 0 fully saturated rings. The lowest BCUT2D eigenvalue weighted by Gasteiger charge is -2.08. The summed E-state index contributed by atoms with van der Waals surface area (Å²) in [7, 11) is 0. The predicted molar refractivity (Wildman–Crippen MR) is 107 cm³/mol. The van der Waals surface area contributed by atoms with Gasteiger partial charge in [0.05, 0.1) is 12.2 Å². The molecule has 1 amide bonds. The molecule has 1 N–H and O–H groups in total. The third-order valence-corrected chi connectivity index (χ3v) is 4.02. The Kier molecular flexibility index (Phi) is 8.21. The second-order valence-electron chi connectivity index (χ2n) is 6.34. The Bertz CT molecular complexity index is 797. The first-order valence-electron chi connectivity index (χ1n) is 9.30. The van der Waals surface area contributed by atoms with Crippen LogP contribution in [0.4, 0.5) is 5.69 Å². The van der Waals surface area contributed by atoms with Crippen LogP contribution < -0.4 is 10.1 Å². The van der Waals surface area contributed by atoms with Crippen LogP contribution in [0.25, 0.3) is 0 Å². The smallest absolute Gasteiger partial charge is 0.338 e. The number of carbonyl (C=O) groups is 3. The van der Waals surface area contributed by atoms with Crippen LogP contribution in [0.3, 0.4) is 0 Å². The van der Waals surface area contributed by atoms with E-state index < -0.39 is 18.5 Å². The second kappa shape index (κ2) is 10.9. The van der Waals surface area contributed by atoms with Gasteiger partial charge in [-0.25, -0.2) is 4.79 Å². The van der Waals surface area contributed by atoms with Gasteiger partial charge in [0.15, 0.2) is 12.4 Å². The molecule has 0 spiro atoms. The van der Waals surface area contributed by atoms with Gasteiger partial charge in [0.1, 0.15) is 5.75 Å². The van der Waals surface area contributed by atoms with E-state index in [0.29, 0.717) is 29.2 Å². The molecule has 6 heteroatoms. The lowest BCUT2D eigenvalue weighted by atomic mass is 10.1. The molecular weight excluding hydrogens is 358 g/mol. The third-order valence-electron chi connectivity index (χ3n) is 4.02. The molecule has 0 unspecified atom stereocenters. The Labute approximate surface area is 164 Å². The number of carbonyl (C=O) groups excluding carboxylic acids is 3. The molecule has 0 heterocycles. The normalized spacial score (nSPS) is 10.2. The van der Waals surface area contributed by atoms with E-state index in [1.165, 1.54) is 6.92 Å². The van der Waals surface area contributed by atoms with Crippen LogP contribution in [-0.4, -0.2) is 30.9 Å². The summed E-state index contributed by atoms with van der Waals surface area (Å²) in [6, 6.07) is 13.1. The lowest BCUT2D eigenvalue weighted by molar-refractivity contribution is -0.119. The summed E-state index contributed by atoms with van der Waals surface area (Å²) >= 11 is 0. The van der Waals surface area contributed by atoms with Gasteiger partial charge in [-0.2, -0.15) is 0 Å². The van der Waals surface area contributed by atoms with Gasteiger partial charge in [-0.15, -0.1) is 0 Å². The van der Waals surface area contributed by atoms with E-state index in [1.807, 2.05) is 0 Å². The number of hydrogen-bond acceptors (Lipinski definition) is 5. The molecule has 2 rings (SSSR count). The SMILES string of the molecule is CCCCCOc1ccc(C(=O)OCC(=O)Nc2ccc(C(C)=O)cc2)cc1. The highest BCUT2D eigenvalue weighted by molar-refractivity contribution is 5.97. The maximum atomic E-state index is 12.1. The van der Waals surface area contributed by atoms with Gasteiger partial charge in [-0.1, -0.05) is 19.8 Å². The van der Waals surface area contributed by atoms with Crippen LogP contribution in [0.1, 0.15) is 53.8 Å². The zero-order valence-electron chi connectivity index (χ0n) is 16.2. The minimum atomic E-state index is -0.584. The molecule has 28 heavy (non-hydrogen) atoms. The van der Waals surface area contributed by atoms with E-state index >= 15 is 0 Å². The van der Waals surface area contributed by atoms with Crippen molar-refractivity contribution < 1.29 is 23.9 Å². The van der Waals surface area contributed by atoms with Crippen molar-refractivity contribution >= 4 is 23.3 Å². The standard InChI is InChI=1S/C22H25NO5/c1-3-4-5-14-27-20-12-8-18(9-13-20)22(26)28-15-21(25)23-19-10-6-17(7-11-19)16(2)24/h6-13H,3-5,14-15H2,1-2H3,(H,23,25). The number of rotatable bonds is 10. The van der Waals surface area contributed by atoms with Crippen molar-refractivity contribution in [2.24, 2.45) is 0 Å². The number of ketones is 1. The number of anilines is 1. The summed E-state index contributed by atoms with van der Waals surface area (Å²) in [6.45, 7) is 3.84. The first-order chi connectivity index (χ1) is 13.5. The van der Waals surface area contributed by atoms with E-state index in [-0.39, 0.29) is 5.78 Å². The third kappa shape index (κ3) is 6.87. The average Bonchev–Trinajstić information content (AvgIpc) is 2.70. The van der Waals surface area contributed by atoms with Crippen LogP contribution >= 0.6 is 0 Å². The number of unbranched alkanes of at least 4 members (excludes halogenated alkanes) is 2. The van der Waals surface area contributed by atoms with Crippen molar-refractivity contribution in [3.05, 3.63) is 59.7 Å². The topological polar surface area (TPSA) is 81.7 Å². The van der Waals surface area contributed by atoms with Gasteiger partial charge < -0.3 is 14.8 Å². The molecule has 0 saturated carbocycles. The van der Waals surface area contributed by atoms with Gasteiger partial charge in [-0.3, -0.25) is 9.59 Å². The summed E-state index contributed by atoms with van der Waals surface area (Å²) < 4.78 is 10.6. The van der Waals surface area contributed by atoms with Crippen molar-refractivity contribution in [3.8, 4) is 5.75 Å². The Hall–Kier alpha value is -3.15. The number of ether oxygens (including phenoxy) is 2. The van der Waals surface area contributed by atoms with Gasteiger partial charge in [-0.05, 0) is 61.9 Å². The molecule has 0 aliphatic rings. The summed E-state index contributed by atoms with van der Waals surface area (Å²) in [5.41, 5.74) is 1.43. The largest absolute Gasteiger partial charge is 0.494 e. The molecule has 0 radical (unpaired) electrons. The predicted octanol–water partition coefficient (Wildman–Crippen LogP) is 4.25. The second-order valence-corrected chi connectivity index (χ2v) is 6.34. The molecule has 0 atom stereocenters. The monoisotopic (exact) mass is 383 g/mol. The zero-order valence-corrected chi connectivity index (χ0v) is 16.2. The van der Waals surface area contributed by atoms with E-state index in [2.05, 4.69) is 12.2 Å². The van der Waals surface area contributed by atoms with Crippen LogP contribution in [0, 0.1) is 0 Å². The number of hydrogen-bond donors (Lipinski definition) is 1. The van der Waals surface area contributed by atoms with Gasteiger partial charge in [0.25, 0.3) is 5.91 Å². The summed E-state index contributed by atoms with van der Waals surface area (Å²) in [4.78, 5) is 35.2. The molecule has 0 bridgehead atoms. The summed E-state index contributed by atoms with van der Waals surface area (Å²) in [5, 5.41) is 2.61. The molecule has 0 aliphatic heterocycles. The van der Waals surface area contributed by atoms with E-state index in [1.54, 1.807) is 48.5 Å². The number of benzene rings is 2. The Balaban J connectivity index is 1.77. The van der Waals surface area contributed by atoms with Crippen LogP contribution in [0.15, 0.2) is 48.5 Å². The van der Waals surface area contributed by atoms with Gasteiger partial charge >= 0.3 is 5.97 Å². The quantitative estimate of drug-likeness (QED) is 0.377. The maximum Gasteiger partial charge on any atom is 0.338 e. The van der Waals surface area contributed by atoms with Crippen molar-refractivity contribution in [2.75, 3.05) is 18.5 Å². The molecule has 0 aliphatic carbocycles. The fraction of sp³-hybridized carbons (Fsp3) is 0.318. The van der Waals surface area contributed by atoms with Gasteiger partial charge in [0, 0.05) is 11.3 Å². The van der Waals surface area contributed by atoms with Crippen LogP contribution in [0.5, 0.6) is 5.75 Å². The fourth-order valence-corrected chi connectivity index (χ4v) is 2.43. The molecule has 2 aromatic rings. The minimum Gasteiger partial charge on any atom is -0.494 e. The highest BCUT2D eigenvalue weighted by atomic mass is 16.5. The van der Waals surface area contributed by atoms with Crippen molar-refractivity contribution in [2.45, 2.75) is 33.1 Å². The van der Waals surface area contributed by atoms with Crippen LogP contribution in [-0.2, 0) is 9.53 Å². The van der Waals surface area contributed by atoms with Crippen LogP contribution in [0.2, 0.25) is 0 Å². The van der Waals surface area contributed by atoms with E-state index in [4.69, 9.17) is 9.47 Å². The molecule has 0 saturated heterocycles. The highest BCUT2D eigenvalue weighted by Gasteiger charge is 2.11. The Morgan fingerprint density at radius 3 is 2.14 bits per heavy atom. The highest BCUT2D eigenvalue weighted by Crippen LogP contribution is 2.14. The molecule has 0 aromatic heterocycles. The maximum absolute atomic E-state index is 12.1. The number of esters is 1. The average molecular weight is 383 g/mol. The lowest BCUT2D eigenvalue weighted by Crippen LogP contribution is -2.20. The number of Topliss-reactive ketones (excluding diaryl/α,β-unsaturated/α-hetero) is 1. The Morgan fingerprint density at radius 2 is 1.54 bits per heavy atom. The molecule has 6 nitrogen and oxygen atoms in total. The van der Waals surface area contributed by atoms with E-state index in [9.17, 15) is 14.4 Å². The van der Waals surface area contributed by atoms with E-state index in [0.717, 1.165) is 19.3 Å².